The summed E-state index contributed by atoms with van der Waals surface area (Å²) in [6, 6.07) is 0.780. The molecule has 5 amide bonds. The molecule has 14 nitrogen and oxygen atoms in total. The summed E-state index contributed by atoms with van der Waals surface area (Å²) in [6.45, 7) is 3.61. The van der Waals surface area contributed by atoms with Gasteiger partial charge in [-0.2, -0.15) is 0 Å². The Labute approximate surface area is 226 Å². The average Bonchev–Trinajstić information content (AvgIpc) is 2.84. The van der Waals surface area contributed by atoms with Gasteiger partial charge in [0.2, 0.25) is 29.5 Å². The minimum atomic E-state index is -1.38. The van der Waals surface area contributed by atoms with E-state index in [4.69, 9.17) is 17.2 Å². The lowest BCUT2D eigenvalue weighted by Gasteiger charge is -2.26. The number of carbonyl (C=O) groups excluding carboxylic acids is 5. The van der Waals surface area contributed by atoms with E-state index < -0.39 is 59.7 Å². The highest BCUT2D eigenvalue weighted by Crippen LogP contribution is 2.12. The van der Waals surface area contributed by atoms with Gasteiger partial charge in [0.25, 0.3) is 0 Å². The third kappa shape index (κ3) is 12.7. The first-order valence-corrected chi connectivity index (χ1v) is 12.4. The molecule has 4 atom stereocenters. The third-order valence-corrected chi connectivity index (χ3v) is 5.68. The molecule has 1 aromatic carbocycles. The Balaban J connectivity index is 3.04. The number of phenolic OH excluding ortho intramolecular Hbond substituents is 1. The summed E-state index contributed by atoms with van der Waals surface area (Å²) >= 11 is 0. The van der Waals surface area contributed by atoms with E-state index >= 15 is 0 Å². The van der Waals surface area contributed by atoms with Crippen LogP contribution in [-0.2, 0) is 35.2 Å². The number of carbonyl (C=O) groups is 6. The first-order chi connectivity index (χ1) is 18.2. The highest BCUT2D eigenvalue weighted by atomic mass is 16.4. The SMILES string of the molecule is CC(C)CC(NC(=O)C(N)CCC(N)=O)C(=O)NC(CCC(N)=O)C(=O)NC(Cc1ccc(O)cc1)C(=O)O. The molecule has 39 heavy (non-hydrogen) atoms. The molecule has 0 heterocycles. The van der Waals surface area contributed by atoms with Gasteiger partial charge in [-0.1, -0.05) is 26.0 Å². The predicted molar refractivity (Wildman–Crippen MR) is 140 cm³/mol. The molecule has 4 unspecified atom stereocenters. The highest BCUT2D eigenvalue weighted by Gasteiger charge is 2.31. The molecule has 0 aliphatic carbocycles. The fourth-order valence-corrected chi connectivity index (χ4v) is 3.58. The van der Waals surface area contributed by atoms with Crippen LogP contribution in [0.5, 0.6) is 5.75 Å². The van der Waals surface area contributed by atoms with E-state index in [2.05, 4.69) is 16.0 Å². The molecule has 0 fully saturated rings. The second kappa shape index (κ2) is 15.9. The topological polar surface area (TPSA) is 257 Å². The van der Waals surface area contributed by atoms with Crippen LogP contribution in [0.15, 0.2) is 24.3 Å². The Morgan fingerprint density at radius 2 is 1.26 bits per heavy atom. The van der Waals surface area contributed by atoms with Crippen LogP contribution in [0.3, 0.4) is 0 Å². The maximum Gasteiger partial charge on any atom is 0.326 e. The number of aliphatic carboxylic acids is 1. The molecule has 0 aliphatic heterocycles. The Kier molecular flexibility index (Phi) is 13.4. The summed E-state index contributed by atoms with van der Waals surface area (Å²) < 4.78 is 0. The molecule has 0 radical (unpaired) electrons. The summed E-state index contributed by atoms with van der Waals surface area (Å²) in [7, 11) is 0. The highest BCUT2D eigenvalue weighted by molar-refractivity contribution is 5.94. The smallest absolute Gasteiger partial charge is 0.326 e. The molecule has 0 saturated carbocycles. The monoisotopic (exact) mass is 550 g/mol. The number of hydrogen-bond donors (Lipinski definition) is 8. The van der Waals surface area contributed by atoms with Gasteiger partial charge in [-0.25, -0.2) is 4.79 Å². The summed E-state index contributed by atoms with van der Waals surface area (Å²) in [4.78, 5) is 72.9. The van der Waals surface area contributed by atoms with Crippen molar-refractivity contribution in [1.82, 2.24) is 16.0 Å². The Morgan fingerprint density at radius 1 is 0.769 bits per heavy atom. The first-order valence-electron chi connectivity index (χ1n) is 12.4. The number of amides is 5. The lowest BCUT2D eigenvalue weighted by Crippen LogP contribution is -2.57. The number of carboxylic acids is 1. The van der Waals surface area contributed by atoms with Crippen LogP contribution in [0, 0.1) is 5.92 Å². The quantitative estimate of drug-likeness (QED) is 0.111. The van der Waals surface area contributed by atoms with Gasteiger partial charge in [0.1, 0.15) is 23.9 Å². The van der Waals surface area contributed by atoms with Gasteiger partial charge in [-0.15, -0.1) is 0 Å². The fraction of sp³-hybridized carbons (Fsp3) is 0.520. The molecule has 14 heteroatoms. The zero-order valence-electron chi connectivity index (χ0n) is 22.0. The van der Waals surface area contributed by atoms with Crippen LogP contribution in [-0.4, -0.2) is 69.9 Å². The molecule has 0 bridgehead atoms. The van der Waals surface area contributed by atoms with Crippen molar-refractivity contribution in [3.05, 3.63) is 29.8 Å². The number of rotatable bonds is 17. The first kappa shape index (κ1) is 32.8. The van der Waals surface area contributed by atoms with E-state index in [0.29, 0.717) is 5.56 Å². The van der Waals surface area contributed by atoms with Crippen molar-refractivity contribution < 1.29 is 39.0 Å². The third-order valence-electron chi connectivity index (χ3n) is 5.68. The zero-order valence-corrected chi connectivity index (χ0v) is 22.0. The second-order valence-electron chi connectivity index (χ2n) is 9.64. The van der Waals surface area contributed by atoms with E-state index in [1.54, 1.807) is 13.8 Å². The van der Waals surface area contributed by atoms with Gasteiger partial charge < -0.3 is 43.4 Å². The fourth-order valence-electron chi connectivity index (χ4n) is 3.58. The van der Waals surface area contributed by atoms with E-state index in [1.165, 1.54) is 24.3 Å². The van der Waals surface area contributed by atoms with Crippen molar-refractivity contribution in [3.63, 3.8) is 0 Å². The standard InChI is InChI=1S/C25H38N6O8/c1-13(2)11-18(30-22(35)16(26)7-9-20(27)33)24(37)29-17(8-10-21(28)34)23(36)31-19(25(38)39)12-14-3-5-15(32)6-4-14/h3-6,13,16-19,32H,7-12,26H2,1-2H3,(H2,27,33)(H2,28,34)(H,29,37)(H,30,35)(H,31,36)(H,38,39). The molecule has 216 valence electrons. The van der Waals surface area contributed by atoms with Gasteiger partial charge in [0.05, 0.1) is 6.04 Å². The lowest BCUT2D eigenvalue weighted by molar-refractivity contribution is -0.142. The maximum absolute atomic E-state index is 13.1. The average molecular weight is 551 g/mol. The Bertz CT molecular complexity index is 1030. The minimum Gasteiger partial charge on any atom is -0.508 e. The second-order valence-corrected chi connectivity index (χ2v) is 9.64. The van der Waals surface area contributed by atoms with Crippen molar-refractivity contribution in [3.8, 4) is 5.75 Å². The van der Waals surface area contributed by atoms with E-state index in [9.17, 15) is 39.0 Å². The normalized spacial score (nSPS) is 13.9. The number of phenols is 1. The molecular formula is C25H38N6O8. The number of benzene rings is 1. The van der Waals surface area contributed by atoms with Gasteiger partial charge in [0, 0.05) is 19.3 Å². The Morgan fingerprint density at radius 3 is 1.77 bits per heavy atom. The van der Waals surface area contributed by atoms with E-state index in [-0.39, 0.29) is 50.2 Å². The van der Waals surface area contributed by atoms with Crippen molar-refractivity contribution in [2.75, 3.05) is 0 Å². The summed E-state index contributed by atoms with van der Waals surface area (Å²) in [5, 5.41) is 26.4. The van der Waals surface area contributed by atoms with Crippen LogP contribution in [0.4, 0.5) is 0 Å². The van der Waals surface area contributed by atoms with Crippen molar-refractivity contribution in [2.45, 2.75) is 76.5 Å². The molecule has 0 aliphatic rings. The maximum atomic E-state index is 13.1. The minimum absolute atomic E-state index is 0.0132. The number of aromatic hydroxyl groups is 1. The summed E-state index contributed by atoms with van der Waals surface area (Å²) in [5.41, 5.74) is 16.6. The number of carboxylic acid groups (broad SMARTS) is 1. The van der Waals surface area contributed by atoms with E-state index in [0.717, 1.165) is 0 Å². The number of nitrogens with two attached hydrogens (primary N) is 3. The zero-order chi connectivity index (χ0) is 29.7. The lowest BCUT2D eigenvalue weighted by atomic mass is 10.0. The number of nitrogens with one attached hydrogen (secondary N) is 3. The summed E-state index contributed by atoms with van der Waals surface area (Å²) in [6.07, 6.45) is -0.611. The molecule has 1 rings (SSSR count). The molecule has 11 N–H and O–H groups in total. The van der Waals surface area contributed by atoms with Crippen LogP contribution in [0.2, 0.25) is 0 Å². The van der Waals surface area contributed by atoms with Crippen molar-refractivity contribution in [2.24, 2.45) is 23.1 Å². The van der Waals surface area contributed by atoms with Crippen molar-refractivity contribution >= 4 is 35.5 Å². The number of primary amides is 2. The molecular weight excluding hydrogens is 512 g/mol. The molecule has 0 spiro atoms. The van der Waals surface area contributed by atoms with Crippen LogP contribution in [0.1, 0.15) is 51.5 Å². The van der Waals surface area contributed by atoms with Gasteiger partial charge in [-0.05, 0) is 42.9 Å². The van der Waals surface area contributed by atoms with Crippen molar-refractivity contribution in [1.29, 1.82) is 0 Å². The van der Waals surface area contributed by atoms with Gasteiger partial charge >= 0.3 is 5.97 Å². The molecule has 0 aromatic heterocycles. The predicted octanol–water partition coefficient (Wildman–Crippen LogP) is -1.62. The van der Waals surface area contributed by atoms with Gasteiger partial charge in [-0.3, -0.25) is 24.0 Å². The van der Waals surface area contributed by atoms with Gasteiger partial charge in [0.15, 0.2) is 0 Å². The van der Waals surface area contributed by atoms with Crippen LogP contribution >= 0.6 is 0 Å². The molecule has 1 aromatic rings. The van der Waals surface area contributed by atoms with E-state index in [1.807, 2.05) is 0 Å². The largest absolute Gasteiger partial charge is 0.508 e. The van der Waals surface area contributed by atoms with Crippen LogP contribution in [0.25, 0.3) is 0 Å². The Hall–Kier alpha value is -4.20. The number of hydrogen-bond acceptors (Lipinski definition) is 8. The molecule has 0 saturated heterocycles. The summed E-state index contributed by atoms with van der Waals surface area (Å²) in [5.74, 6) is -5.13. The van der Waals surface area contributed by atoms with Crippen LogP contribution < -0.4 is 33.2 Å².